The zero-order valence-electron chi connectivity index (χ0n) is 13.8. The summed E-state index contributed by atoms with van der Waals surface area (Å²) in [6, 6.07) is 5.73. The van der Waals surface area contributed by atoms with Crippen LogP contribution < -0.4 is 4.74 Å². The molecule has 1 aromatic carbocycles. The van der Waals surface area contributed by atoms with E-state index in [0.29, 0.717) is 11.5 Å². The number of H-pyrrole nitrogens is 2. The van der Waals surface area contributed by atoms with Gasteiger partial charge in [0.1, 0.15) is 5.75 Å². The summed E-state index contributed by atoms with van der Waals surface area (Å²) < 4.78 is 5.28. The number of aromatic amines is 2. The lowest BCUT2D eigenvalue weighted by Crippen LogP contribution is -2.28. The number of ether oxygens (including phenoxy) is 1. The maximum absolute atomic E-state index is 13.0. The number of fused-ring (bicyclic) bond motifs is 1. The van der Waals surface area contributed by atoms with Gasteiger partial charge in [-0.2, -0.15) is 5.10 Å². The van der Waals surface area contributed by atoms with Crippen molar-refractivity contribution in [3.8, 4) is 5.75 Å². The lowest BCUT2D eigenvalue weighted by atomic mass is 10.0. The van der Waals surface area contributed by atoms with Gasteiger partial charge in [0.05, 0.1) is 18.9 Å². The van der Waals surface area contributed by atoms with E-state index in [9.17, 15) is 4.79 Å². The molecular formula is C18H20N4O2. The van der Waals surface area contributed by atoms with Crippen molar-refractivity contribution in [1.82, 2.24) is 20.1 Å². The van der Waals surface area contributed by atoms with Gasteiger partial charge in [0.2, 0.25) is 0 Å². The Kier molecular flexibility index (Phi) is 3.52. The largest absolute Gasteiger partial charge is 0.497 e. The molecule has 3 aromatic rings. The van der Waals surface area contributed by atoms with Crippen molar-refractivity contribution in [3.63, 3.8) is 0 Å². The van der Waals surface area contributed by atoms with Crippen LogP contribution in [0.5, 0.6) is 5.75 Å². The summed E-state index contributed by atoms with van der Waals surface area (Å²) in [4.78, 5) is 18.1. The molecular weight excluding hydrogens is 304 g/mol. The van der Waals surface area contributed by atoms with Crippen LogP contribution in [0.3, 0.4) is 0 Å². The number of rotatable bonds is 3. The van der Waals surface area contributed by atoms with E-state index >= 15 is 0 Å². The third-order valence-electron chi connectivity index (χ3n) is 4.87. The van der Waals surface area contributed by atoms with Gasteiger partial charge in [0.15, 0.2) is 0 Å². The molecule has 2 N–H and O–H groups in total. The molecule has 0 spiro atoms. The fourth-order valence-corrected chi connectivity index (χ4v) is 3.52. The zero-order chi connectivity index (χ0) is 16.7. The molecule has 0 aliphatic carbocycles. The Morgan fingerprint density at radius 3 is 3.04 bits per heavy atom. The molecule has 4 rings (SSSR count). The molecule has 1 aliphatic heterocycles. The van der Waals surface area contributed by atoms with Crippen molar-refractivity contribution in [1.29, 1.82) is 0 Å². The van der Waals surface area contributed by atoms with Gasteiger partial charge in [-0.1, -0.05) is 0 Å². The average Bonchev–Trinajstić information content (AvgIpc) is 3.32. The number of likely N-dealkylation sites (tertiary alicyclic amines) is 1. The van der Waals surface area contributed by atoms with Crippen LogP contribution in [0.4, 0.5) is 0 Å². The van der Waals surface area contributed by atoms with Crippen molar-refractivity contribution in [2.75, 3.05) is 20.2 Å². The summed E-state index contributed by atoms with van der Waals surface area (Å²) in [7, 11) is 1.63. The number of nitrogens with one attached hydrogen (secondary N) is 2. The predicted octanol–water partition coefficient (Wildman–Crippen LogP) is 2.84. The van der Waals surface area contributed by atoms with Crippen LogP contribution in [-0.4, -0.2) is 46.2 Å². The topological polar surface area (TPSA) is 74.0 Å². The Hall–Kier alpha value is -2.76. The summed E-state index contributed by atoms with van der Waals surface area (Å²) in [5.41, 5.74) is 3.95. The lowest BCUT2D eigenvalue weighted by Gasteiger charge is -2.16. The van der Waals surface area contributed by atoms with Crippen LogP contribution >= 0.6 is 0 Å². The monoisotopic (exact) mass is 324 g/mol. The molecule has 1 fully saturated rings. The highest BCUT2D eigenvalue weighted by molar-refractivity contribution is 6.07. The predicted molar refractivity (Wildman–Crippen MR) is 91.4 cm³/mol. The Labute approximate surface area is 139 Å². The average molecular weight is 324 g/mol. The number of hydrogen-bond acceptors (Lipinski definition) is 3. The summed E-state index contributed by atoms with van der Waals surface area (Å²) in [5, 5.41) is 8.08. The number of nitrogens with zero attached hydrogens (tertiary/aromatic N) is 2. The van der Waals surface area contributed by atoms with Crippen LogP contribution in [0.15, 0.2) is 30.6 Å². The molecule has 0 radical (unpaired) electrons. The quantitative estimate of drug-likeness (QED) is 0.778. The standard InChI is InChI=1S/C18H20N4O2/c1-11-8-20-21-17(11)12-5-6-22(10-12)18(23)15-9-19-16-4-3-13(24-2)7-14(15)16/h3-4,7-9,12,19H,5-6,10H2,1-2H3,(H,20,21)/t12-/m0/s1. The Morgan fingerprint density at radius 1 is 1.42 bits per heavy atom. The van der Waals surface area contributed by atoms with Gasteiger partial charge in [-0.15, -0.1) is 0 Å². The Balaban J connectivity index is 1.59. The summed E-state index contributed by atoms with van der Waals surface area (Å²) in [5.74, 6) is 1.15. The fraction of sp³-hybridized carbons (Fsp3) is 0.333. The highest BCUT2D eigenvalue weighted by atomic mass is 16.5. The molecule has 24 heavy (non-hydrogen) atoms. The number of methoxy groups -OCH3 is 1. The van der Waals surface area contributed by atoms with Crippen molar-refractivity contribution >= 4 is 16.8 Å². The molecule has 2 aromatic heterocycles. The molecule has 6 heteroatoms. The van der Waals surface area contributed by atoms with E-state index in [4.69, 9.17) is 4.74 Å². The van der Waals surface area contributed by atoms with Crippen molar-refractivity contribution in [2.24, 2.45) is 0 Å². The van der Waals surface area contributed by atoms with Gasteiger partial charge < -0.3 is 14.6 Å². The van der Waals surface area contributed by atoms with E-state index in [2.05, 4.69) is 22.1 Å². The van der Waals surface area contributed by atoms with Crippen molar-refractivity contribution < 1.29 is 9.53 Å². The second kappa shape index (κ2) is 5.70. The number of amides is 1. The normalized spacial score (nSPS) is 17.6. The number of aryl methyl sites for hydroxylation is 1. The molecule has 1 atom stereocenters. The van der Waals surface area contributed by atoms with Crippen LogP contribution in [0.2, 0.25) is 0 Å². The third kappa shape index (κ3) is 2.35. The van der Waals surface area contributed by atoms with Crippen molar-refractivity contribution in [2.45, 2.75) is 19.3 Å². The minimum atomic E-state index is 0.0640. The zero-order valence-corrected chi connectivity index (χ0v) is 13.8. The van der Waals surface area contributed by atoms with Crippen LogP contribution in [0.1, 0.15) is 34.0 Å². The fourth-order valence-electron chi connectivity index (χ4n) is 3.52. The van der Waals surface area contributed by atoms with E-state index in [1.54, 1.807) is 13.3 Å². The SMILES string of the molecule is COc1ccc2[nH]cc(C(=O)N3CC[C@H](c4[nH]ncc4C)C3)c2c1. The molecule has 1 amide bonds. The molecule has 6 nitrogen and oxygen atoms in total. The third-order valence-corrected chi connectivity index (χ3v) is 4.87. The van der Waals surface area contributed by atoms with Gasteiger partial charge >= 0.3 is 0 Å². The highest BCUT2D eigenvalue weighted by Gasteiger charge is 2.30. The van der Waals surface area contributed by atoms with Gasteiger partial charge in [0.25, 0.3) is 5.91 Å². The molecule has 0 unspecified atom stereocenters. The van der Waals surface area contributed by atoms with E-state index in [1.807, 2.05) is 29.3 Å². The second-order valence-corrected chi connectivity index (χ2v) is 6.32. The molecule has 1 aliphatic rings. The van der Waals surface area contributed by atoms with E-state index < -0.39 is 0 Å². The first-order valence-electron chi connectivity index (χ1n) is 8.11. The summed E-state index contributed by atoms with van der Waals surface area (Å²) >= 11 is 0. The molecule has 0 bridgehead atoms. The van der Waals surface area contributed by atoms with E-state index in [1.165, 1.54) is 0 Å². The van der Waals surface area contributed by atoms with Gasteiger partial charge in [-0.05, 0) is 37.1 Å². The molecule has 0 saturated carbocycles. The maximum Gasteiger partial charge on any atom is 0.256 e. The number of aromatic nitrogens is 3. The first kappa shape index (κ1) is 14.8. The molecule has 124 valence electrons. The number of carbonyl (C=O) groups excluding carboxylic acids is 1. The molecule has 1 saturated heterocycles. The minimum Gasteiger partial charge on any atom is -0.497 e. The van der Waals surface area contributed by atoms with Gasteiger partial charge in [0, 0.05) is 41.8 Å². The first-order chi connectivity index (χ1) is 11.7. The molecule has 3 heterocycles. The Morgan fingerprint density at radius 2 is 2.29 bits per heavy atom. The summed E-state index contributed by atoms with van der Waals surface area (Å²) in [6.45, 7) is 3.53. The van der Waals surface area contributed by atoms with Crippen LogP contribution in [-0.2, 0) is 0 Å². The van der Waals surface area contributed by atoms with E-state index in [0.717, 1.165) is 47.4 Å². The van der Waals surface area contributed by atoms with E-state index in [-0.39, 0.29) is 5.91 Å². The van der Waals surface area contributed by atoms with Crippen LogP contribution in [0, 0.1) is 6.92 Å². The van der Waals surface area contributed by atoms with Crippen LogP contribution in [0.25, 0.3) is 10.9 Å². The van der Waals surface area contributed by atoms with Gasteiger partial charge in [-0.25, -0.2) is 0 Å². The minimum absolute atomic E-state index is 0.0640. The Bertz CT molecular complexity index is 895. The lowest BCUT2D eigenvalue weighted by molar-refractivity contribution is 0.0792. The number of hydrogen-bond donors (Lipinski definition) is 2. The van der Waals surface area contributed by atoms with Gasteiger partial charge in [-0.3, -0.25) is 9.89 Å². The number of carbonyl (C=O) groups is 1. The first-order valence-corrected chi connectivity index (χ1v) is 8.11. The summed E-state index contributed by atoms with van der Waals surface area (Å²) in [6.07, 6.45) is 4.59. The second-order valence-electron chi connectivity index (χ2n) is 6.32. The van der Waals surface area contributed by atoms with Crippen molar-refractivity contribution in [3.05, 3.63) is 47.4 Å². The highest BCUT2D eigenvalue weighted by Crippen LogP contribution is 2.30. The maximum atomic E-state index is 13.0. The smallest absolute Gasteiger partial charge is 0.256 e. The number of benzene rings is 1.